The van der Waals surface area contributed by atoms with Gasteiger partial charge in [0.15, 0.2) is 0 Å². The van der Waals surface area contributed by atoms with Gasteiger partial charge in [-0.25, -0.2) is 9.97 Å². The molecule has 4 aromatic rings. The third-order valence-electron chi connectivity index (χ3n) is 7.58. The van der Waals surface area contributed by atoms with Crippen LogP contribution >= 0.6 is 0 Å². The molecule has 1 atom stereocenters. The molecule has 0 amide bonds. The van der Waals surface area contributed by atoms with E-state index in [1.165, 1.54) is 11.1 Å². The summed E-state index contributed by atoms with van der Waals surface area (Å²) in [7, 11) is 0. The third kappa shape index (κ3) is 3.40. The van der Waals surface area contributed by atoms with Crippen LogP contribution in [0.2, 0.25) is 0 Å². The van der Waals surface area contributed by atoms with Gasteiger partial charge in [-0.15, -0.1) is 0 Å². The molecule has 6 rings (SSSR count). The SMILES string of the molecule is NC1c2ccccc2CC12CCN(c1cnc3c(C(=CCO)c4ccccc4)[nH]nc3n1)CC2. The molecule has 1 fully saturated rings. The van der Waals surface area contributed by atoms with Crippen LogP contribution in [0.5, 0.6) is 0 Å². The van der Waals surface area contributed by atoms with Gasteiger partial charge >= 0.3 is 0 Å². The Balaban J connectivity index is 1.24. The number of hydrogen-bond acceptors (Lipinski definition) is 6. The molecule has 3 heterocycles. The Morgan fingerprint density at radius 3 is 2.65 bits per heavy atom. The lowest BCUT2D eigenvalue weighted by atomic mass is 9.73. The normalized spacial score (nSPS) is 19.6. The number of anilines is 1. The van der Waals surface area contributed by atoms with E-state index in [-0.39, 0.29) is 18.1 Å². The van der Waals surface area contributed by atoms with Crippen LogP contribution in [0.15, 0.2) is 66.9 Å². The van der Waals surface area contributed by atoms with Gasteiger partial charge in [0, 0.05) is 24.7 Å². The molecule has 1 aliphatic carbocycles. The van der Waals surface area contributed by atoms with Crippen molar-refractivity contribution in [2.45, 2.75) is 25.3 Å². The highest BCUT2D eigenvalue weighted by atomic mass is 16.2. The van der Waals surface area contributed by atoms with Crippen LogP contribution in [-0.4, -0.2) is 45.0 Å². The number of nitrogens with zero attached hydrogens (tertiary/aromatic N) is 4. The molecule has 172 valence electrons. The van der Waals surface area contributed by atoms with Gasteiger partial charge in [-0.05, 0) is 47.4 Å². The Bertz CT molecular complexity index is 1350. The van der Waals surface area contributed by atoms with Gasteiger partial charge < -0.3 is 15.7 Å². The highest BCUT2D eigenvalue weighted by molar-refractivity contribution is 5.91. The number of aliphatic hydroxyl groups excluding tert-OH is 1. The molecule has 34 heavy (non-hydrogen) atoms. The first-order chi connectivity index (χ1) is 16.7. The number of rotatable bonds is 4. The molecule has 7 heteroatoms. The van der Waals surface area contributed by atoms with Crippen LogP contribution in [-0.2, 0) is 6.42 Å². The van der Waals surface area contributed by atoms with Crippen LogP contribution in [0.4, 0.5) is 5.82 Å². The van der Waals surface area contributed by atoms with Gasteiger partial charge in [-0.1, -0.05) is 54.6 Å². The van der Waals surface area contributed by atoms with E-state index in [0.29, 0.717) is 11.2 Å². The molecule has 2 aromatic carbocycles. The molecule has 0 saturated carbocycles. The topological polar surface area (TPSA) is 104 Å². The molecular weight excluding hydrogens is 424 g/mol. The van der Waals surface area contributed by atoms with Gasteiger partial charge in [-0.3, -0.25) is 5.10 Å². The molecule has 2 aliphatic rings. The number of hydrogen-bond donors (Lipinski definition) is 3. The summed E-state index contributed by atoms with van der Waals surface area (Å²) in [6.45, 7) is 1.73. The van der Waals surface area contributed by atoms with Crippen molar-refractivity contribution in [3.8, 4) is 0 Å². The van der Waals surface area contributed by atoms with E-state index in [0.717, 1.165) is 55.0 Å². The quantitative estimate of drug-likeness (QED) is 0.437. The van der Waals surface area contributed by atoms with E-state index in [1.54, 1.807) is 6.08 Å². The second kappa shape index (κ2) is 8.34. The third-order valence-corrected chi connectivity index (χ3v) is 7.58. The lowest BCUT2D eigenvalue weighted by Gasteiger charge is -2.42. The summed E-state index contributed by atoms with van der Waals surface area (Å²) < 4.78 is 0. The van der Waals surface area contributed by atoms with Crippen molar-refractivity contribution < 1.29 is 5.11 Å². The average molecular weight is 453 g/mol. The van der Waals surface area contributed by atoms with Crippen molar-refractivity contribution in [1.29, 1.82) is 0 Å². The molecule has 0 bridgehead atoms. The minimum atomic E-state index is -0.0716. The lowest BCUT2D eigenvalue weighted by Crippen LogP contribution is -2.44. The maximum Gasteiger partial charge on any atom is 0.202 e. The summed E-state index contributed by atoms with van der Waals surface area (Å²) in [4.78, 5) is 11.9. The van der Waals surface area contributed by atoms with Gasteiger partial charge in [0.1, 0.15) is 11.3 Å². The van der Waals surface area contributed by atoms with Crippen molar-refractivity contribution in [2.75, 3.05) is 24.6 Å². The summed E-state index contributed by atoms with van der Waals surface area (Å²) in [6.07, 6.45) is 6.73. The lowest BCUT2D eigenvalue weighted by molar-refractivity contribution is 0.187. The van der Waals surface area contributed by atoms with Gasteiger partial charge in [0.05, 0.1) is 18.5 Å². The van der Waals surface area contributed by atoms with E-state index in [2.05, 4.69) is 39.4 Å². The Morgan fingerprint density at radius 2 is 1.88 bits per heavy atom. The van der Waals surface area contributed by atoms with Crippen LogP contribution < -0.4 is 10.6 Å². The highest BCUT2D eigenvalue weighted by Gasteiger charge is 2.45. The first-order valence-corrected chi connectivity index (χ1v) is 11.8. The fraction of sp³-hybridized carbons (Fsp3) is 0.296. The second-order valence-electron chi connectivity index (χ2n) is 9.37. The Labute approximate surface area is 198 Å². The van der Waals surface area contributed by atoms with Gasteiger partial charge in [0.2, 0.25) is 5.65 Å². The molecule has 4 N–H and O–H groups in total. The van der Waals surface area contributed by atoms with Crippen molar-refractivity contribution in [1.82, 2.24) is 20.2 Å². The van der Waals surface area contributed by atoms with Crippen LogP contribution in [0.25, 0.3) is 16.7 Å². The van der Waals surface area contributed by atoms with Crippen molar-refractivity contribution >= 4 is 22.6 Å². The maximum atomic E-state index is 9.58. The monoisotopic (exact) mass is 452 g/mol. The molecular formula is C27H28N6O. The first-order valence-electron chi connectivity index (χ1n) is 11.8. The highest BCUT2D eigenvalue weighted by Crippen LogP contribution is 2.50. The average Bonchev–Trinajstić information content (AvgIpc) is 3.42. The molecule has 7 nitrogen and oxygen atoms in total. The summed E-state index contributed by atoms with van der Waals surface area (Å²) in [5.74, 6) is 0.844. The van der Waals surface area contributed by atoms with Crippen LogP contribution in [0.1, 0.15) is 41.3 Å². The number of nitrogens with two attached hydrogens (primary N) is 1. The number of nitrogens with one attached hydrogen (secondary N) is 1. The predicted octanol–water partition coefficient (Wildman–Crippen LogP) is 3.62. The van der Waals surface area contributed by atoms with Crippen LogP contribution in [0, 0.1) is 5.41 Å². The number of fused-ring (bicyclic) bond motifs is 2. The Kier molecular flexibility index (Phi) is 5.16. The number of benzene rings is 2. The molecule has 1 spiro atoms. The molecule has 1 saturated heterocycles. The van der Waals surface area contributed by atoms with E-state index < -0.39 is 0 Å². The second-order valence-corrected chi connectivity index (χ2v) is 9.37. The smallest absolute Gasteiger partial charge is 0.202 e. The van der Waals surface area contributed by atoms with Crippen molar-refractivity contribution in [3.63, 3.8) is 0 Å². The molecule has 2 aromatic heterocycles. The van der Waals surface area contributed by atoms with E-state index in [1.807, 2.05) is 36.5 Å². The molecule has 1 aliphatic heterocycles. The molecule has 1 unspecified atom stereocenters. The number of aliphatic hydroxyl groups is 1. The number of piperidine rings is 1. The zero-order valence-electron chi connectivity index (χ0n) is 19.0. The first kappa shape index (κ1) is 21.0. The maximum absolute atomic E-state index is 9.58. The van der Waals surface area contributed by atoms with Crippen molar-refractivity contribution in [3.05, 3.63) is 89.3 Å². The fourth-order valence-electron chi connectivity index (χ4n) is 5.69. The van der Waals surface area contributed by atoms with E-state index in [4.69, 9.17) is 15.7 Å². The molecule has 0 radical (unpaired) electrons. The Hall–Kier alpha value is -3.55. The Morgan fingerprint density at radius 1 is 1.12 bits per heavy atom. The summed E-state index contributed by atoms with van der Waals surface area (Å²) in [5.41, 5.74) is 13.5. The summed E-state index contributed by atoms with van der Waals surface area (Å²) in [6, 6.07) is 18.6. The zero-order valence-corrected chi connectivity index (χ0v) is 19.0. The summed E-state index contributed by atoms with van der Waals surface area (Å²) >= 11 is 0. The van der Waals surface area contributed by atoms with Crippen molar-refractivity contribution in [2.24, 2.45) is 11.1 Å². The fourth-order valence-corrected chi connectivity index (χ4v) is 5.69. The standard InChI is InChI=1S/C27H28N6O/c28-25-21-9-5-4-8-19(21)16-27(25)11-13-33(14-12-27)22-17-29-24-23(31-32-26(24)30-22)20(10-15-34)18-6-2-1-3-7-18/h1-10,17,25,34H,11-16,28H2,(H,30,31,32). The number of aromatic amines is 1. The van der Waals surface area contributed by atoms with Gasteiger partial charge in [0.25, 0.3) is 0 Å². The van der Waals surface area contributed by atoms with E-state index in [9.17, 15) is 5.11 Å². The largest absolute Gasteiger partial charge is 0.392 e. The summed E-state index contributed by atoms with van der Waals surface area (Å²) in [5, 5.41) is 17.1. The predicted molar refractivity (Wildman–Crippen MR) is 133 cm³/mol. The minimum absolute atomic E-state index is 0.0716. The zero-order chi connectivity index (χ0) is 23.1. The van der Waals surface area contributed by atoms with E-state index >= 15 is 0 Å². The van der Waals surface area contributed by atoms with Crippen LogP contribution in [0.3, 0.4) is 0 Å². The van der Waals surface area contributed by atoms with Gasteiger partial charge in [-0.2, -0.15) is 5.10 Å². The number of H-pyrrole nitrogens is 1. The minimum Gasteiger partial charge on any atom is -0.392 e. The number of aromatic nitrogens is 4.